The highest BCUT2D eigenvalue weighted by molar-refractivity contribution is 7.14. The Morgan fingerprint density at radius 2 is 2.17 bits per heavy atom. The fraction of sp³-hybridized carbons (Fsp3) is 0.643. The molecule has 0 spiro atoms. The second-order valence-electron chi connectivity index (χ2n) is 5.58. The summed E-state index contributed by atoms with van der Waals surface area (Å²) >= 11 is 1.63. The van der Waals surface area contributed by atoms with Gasteiger partial charge in [0.25, 0.3) is 5.91 Å². The Labute approximate surface area is 112 Å². The lowest BCUT2D eigenvalue weighted by Crippen LogP contribution is -2.43. The number of hydrogen-bond acceptors (Lipinski definition) is 3. The smallest absolute Gasteiger partial charge is 0.261 e. The molecule has 3 nitrogen and oxygen atoms in total. The fourth-order valence-corrected chi connectivity index (χ4v) is 3.46. The van der Waals surface area contributed by atoms with Crippen molar-refractivity contribution in [2.24, 2.45) is 0 Å². The van der Waals surface area contributed by atoms with Crippen molar-refractivity contribution in [3.8, 4) is 0 Å². The van der Waals surface area contributed by atoms with Crippen LogP contribution in [0.5, 0.6) is 0 Å². The van der Waals surface area contributed by atoms with Crippen molar-refractivity contribution in [1.82, 2.24) is 5.32 Å². The molecule has 18 heavy (non-hydrogen) atoms. The number of aryl methyl sites for hydroxylation is 2. The van der Waals surface area contributed by atoms with E-state index in [1.54, 1.807) is 11.3 Å². The van der Waals surface area contributed by atoms with Gasteiger partial charge in [0.1, 0.15) is 0 Å². The van der Waals surface area contributed by atoms with E-state index >= 15 is 0 Å². The number of carbonyl (C=O) groups excluding carboxylic acids is 1. The molecule has 0 aliphatic heterocycles. The molecule has 1 aliphatic rings. The number of hydrogen-bond donors (Lipinski definition) is 2. The van der Waals surface area contributed by atoms with E-state index in [0.29, 0.717) is 6.42 Å². The molecule has 0 unspecified atom stereocenters. The summed E-state index contributed by atoms with van der Waals surface area (Å²) in [5.41, 5.74) is 1.01. The first-order valence-corrected chi connectivity index (χ1v) is 7.38. The van der Waals surface area contributed by atoms with Gasteiger partial charge in [0, 0.05) is 17.0 Å². The number of thiophene rings is 1. The number of rotatable bonds is 4. The molecule has 0 atom stereocenters. The lowest BCUT2D eigenvalue weighted by molar-refractivity contribution is 0.0903. The fourth-order valence-electron chi connectivity index (χ4n) is 2.31. The zero-order chi connectivity index (χ0) is 13.2. The summed E-state index contributed by atoms with van der Waals surface area (Å²) in [6.07, 6.45) is 5.28. The molecule has 1 aliphatic carbocycles. The van der Waals surface area contributed by atoms with Gasteiger partial charge in [-0.1, -0.05) is 0 Å². The Kier molecular flexibility index (Phi) is 4.07. The molecule has 1 aromatic heterocycles. The van der Waals surface area contributed by atoms with E-state index in [2.05, 4.69) is 5.32 Å². The van der Waals surface area contributed by atoms with Gasteiger partial charge < -0.3 is 10.4 Å². The monoisotopic (exact) mass is 267 g/mol. The van der Waals surface area contributed by atoms with Crippen molar-refractivity contribution in [3.05, 3.63) is 21.4 Å². The topological polar surface area (TPSA) is 49.3 Å². The summed E-state index contributed by atoms with van der Waals surface area (Å²) < 4.78 is 0. The van der Waals surface area contributed by atoms with Gasteiger partial charge in [0.2, 0.25) is 0 Å². The van der Waals surface area contributed by atoms with Crippen molar-refractivity contribution >= 4 is 17.2 Å². The highest BCUT2D eigenvalue weighted by Crippen LogP contribution is 2.29. The van der Waals surface area contributed by atoms with Crippen LogP contribution in [0, 0.1) is 0 Å². The van der Waals surface area contributed by atoms with Crippen LogP contribution in [-0.2, 0) is 12.8 Å². The minimum atomic E-state index is -0.351. The first-order valence-electron chi connectivity index (χ1n) is 6.57. The summed E-state index contributed by atoms with van der Waals surface area (Å²) in [4.78, 5) is 14.4. The summed E-state index contributed by atoms with van der Waals surface area (Å²) in [5.74, 6) is -0.00662. The maximum absolute atomic E-state index is 12.2. The molecule has 0 saturated carbocycles. The van der Waals surface area contributed by atoms with Crippen LogP contribution in [0.3, 0.4) is 0 Å². The SMILES string of the molecule is CC(C)(CCO)NC(=O)c1cc2c(s1)CCCC2. The van der Waals surface area contributed by atoms with Crippen LogP contribution in [-0.4, -0.2) is 23.2 Å². The van der Waals surface area contributed by atoms with Crippen LogP contribution in [0.25, 0.3) is 0 Å². The molecule has 1 aromatic rings. The summed E-state index contributed by atoms with van der Waals surface area (Å²) in [5, 5.41) is 12.0. The van der Waals surface area contributed by atoms with Crippen LogP contribution in [0.1, 0.15) is 53.2 Å². The normalized spacial score (nSPS) is 15.3. The van der Waals surface area contributed by atoms with Crippen molar-refractivity contribution in [1.29, 1.82) is 0 Å². The first-order chi connectivity index (χ1) is 8.52. The lowest BCUT2D eigenvalue weighted by atomic mass is 9.99. The molecular formula is C14H21NO2S. The van der Waals surface area contributed by atoms with Gasteiger partial charge in [0.05, 0.1) is 4.88 Å². The van der Waals surface area contributed by atoms with E-state index in [-0.39, 0.29) is 18.1 Å². The highest BCUT2D eigenvalue weighted by atomic mass is 32.1. The van der Waals surface area contributed by atoms with Crippen molar-refractivity contribution < 1.29 is 9.90 Å². The second kappa shape index (κ2) is 5.41. The molecule has 2 N–H and O–H groups in total. The van der Waals surface area contributed by atoms with E-state index < -0.39 is 0 Å². The van der Waals surface area contributed by atoms with Gasteiger partial charge in [-0.15, -0.1) is 11.3 Å². The molecule has 1 heterocycles. The van der Waals surface area contributed by atoms with Crippen LogP contribution in [0.2, 0.25) is 0 Å². The number of aliphatic hydroxyl groups excluding tert-OH is 1. The highest BCUT2D eigenvalue weighted by Gasteiger charge is 2.23. The largest absolute Gasteiger partial charge is 0.396 e. The van der Waals surface area contributed by atoms with Crippen LogP contribution < -0.4 is 5.32 Å². The number of nitrogens with one attached hydrogen (secondary N) is 1. The Morgan fingerprint density at radius 1 is 1.44 bits per heavy atom. The summed E-state index contributed by atoms with van der Waals surface area (Å²) in [6.45, 7) is 3.97. The Balaban J connectivity index is 2.07. The van der Waals surface area contributed by atoms with Gasteiger partial charge in [0.15, 0.2) is 0 Å². The molecule has 0 bridgehead atoms. The van der Waals surface area contributed by atoms with Gasteiger partial charge in [-0.2, -0.15) is 0 Å². The minimum Gasteiger partial charge on any atom is -0.396 e. The zero-order valence-corrected chi connectivity index (χ0v) is 11.9. The molecule has 2 rings (SSSR count). The summed E-state index contributed by atoms with van der Waals surface area (Å²) in [6, 6.07) is 2.05. The Bertz CT molecular complexity index is 414. The first kappa shape index (κ1) is 13.6. The van der Waals surface area contributed by atoms with E-state index in [1.165, 1.54) is 23.3 Å². The number of fused-ring (bicyclic) bond motifs is 1. The average Bonchev–Trinajstić information content (AvgIpc) is 2.71. The minimum absolute atomic E-state index is 0.00662. The molecule has 4 heteroatoms. The standard InChI is InChI=1S/C14H21NO2S/c1-14(2,7-8-16)15-13(17)12-9-10-5-3-4-6-11(10)18-12/h9,16H,3-8H2,1-2H3,(H,15,17). The van der Waals surface area contributed by atoms with E-state index in [4.69, 9.17) is 5.11 Å². The van der Waals surface area contributed by atoms with Gasteiger partial charge >= 0.3 is 0 Å². The molecular weight excluding hydrogens is 246 g/mol. The Hall–Kier alpha value is -0.870. The third-order valence-corrected chi connectivity index (χ3v) is 4.64. The van der Waals surface area contributed by atoms with Crippen molar-refractivity contribution in [2.45, 2.75) is 51.5 Å². The Morgan fingerprint density at radius 3 is 2.83 bits per heavy atom. The molecule has 100 valence electrons. The third kappa shape index (κ3) is 3.12. The van der Waals surface area contributed by atoms with E-state index in [1.807, 2.05) is 19.9 Å². The van der Waals surface area contributed by atoms with E-state index in [0.717, 1.165) is 17.7 Å². The molecule has 0 radical (unpaired) electrons. The predicted octanol–water partition coefficient (Wildman–Crippen LogP) is 2.52. The average molecular weight is 267 g/mol. The van der Waals surface area contributed by atoms with Crippen LogP contribution >= 0.6 is 11.3 Å². The van der Waals surface area contributed by atoms with Gasteiger partial charge in [-0.25, -0.2) is 0 Å². The summed E-state index contributed by atoms with van der Waals surface area (Å²) in [7, 11) is 0. The maximum atomic E-state index is 12.2. The number of carbonyl (C=O) groups is 1. The number of aliphatic hydroxyl groups is 1. The van der Waals surface area contributed by atoms with Crippen molar-refractivity contribution in [3.63, 3.8) is 0 Å². The molecule has 0 fully saturated rings. The molecule has 0 saturated heterocycles. The molecule has 1 amide bonds. The quantitative estimate of drug-likeness (QED) is 0.880. The molecule has 0 aromatic carbocycles. The van der Waals surface area contributed by atoms with E-state index in [9.17, 15) is 4.79 Å². The maximum Gasteiger partial charge on any atom is 0.261 e. The second-order valence-corrected chi connectivity index (χ2v) is 6.71. The van der Waals surface area contributed by atoms with Gasteiger partial charge in [-0.3, -0.25) is 4.79 Å². The van der Waals surface area contributed by atoms with Crippen LogP contribution in [0.4, 0.5) is 0 Å². The van der Waals surface area contributed by atoms with Crippen molar-refractivity contribution in [2.75, 3.05) is 6.61 Å². The van der Waals surface area contributed by atoms with Gasteiger partial charge in [-0.05, 0) is 57.6 Å². The number of amides is 1. The zero-order valence-electron chi connectivity index (χ0n) is 11.1. The lowest BCUT2D eigenvalue weighted by Gasteiger charge is -2.24. The predicted molar refractivity (Wildman–Crippen MR) is 74.2 cm³/mol. The third-order valence-electron chi connectivity index (χ3n) is 3.41. The van der Waals surface area contributed by atoms with Crippen LogP contribution in [0.15, 0.2) is 6.07 Å².